The molecule has 3 aromatic rings. The summed E-state index contributed by atoms with van der Waals surface area (Å²) in [7, 11) is 0. The van der Waals surface area contributed by atoms with E-state index in [2.05, 4.69) is 10.2 Å². The summed E-state index contributed by atoms with van der Waals surface area (Å²) in [6.45, 7) is 0.129. The third-order valence-corrected chi connectivity index (χ3v) is 4.27. The van der Waals surface area contributed by atoms with Gasteiger partial charge in [0.1, 0.15) is 12.4 Å². The Kier molecular flexibility index (Phi) is 5.27. The maximum atomic E-state index is 13.0. The van der Waals surface area contributed by atoms with Crippen LogP contribution in [-0.2, 0) is 6.61 Å². The number of hydrogen-bond acceptors (Lipinski definition) is 4. The average Bonchev–Trinajstić information content (AvgIpc) is 2.59. The Morgan fingerprint density at radius 1 is 0.920 bits per heavy atom. The molecule has 0 aliphatic heterocycles. The Morgan fingerprint density at radius 3 is 2.24 bits per heavy atom. The number of ether oxygens (including phenoxy) is 1. The molecule has 1 heterocycles. The lowest BCUT2D eigenvalue weighted by atomic mass is 10.1. The van der Waals surface area contributed by atoms with Gasteiger partial charge in [0.15, 0.2) is 5.75 Å². The molecule has 1 aromatic heterocycles. The molecule has 0 amide bonds. The standard InChI is InChI=1S/C17H10Cl3FN2O2/c18-12-7-11(21)2-1-9(12)8-25-16-4-3-15(22-23-16)10-5-13(19)17(24)14(20)6-10/h1-7,24H,8H2. The smallest absolute Gasteiger partial charge is 0.233 e. The van der Waals surface area contributed by atoms with Crippen LogP contribution in [0.25, 0.3) is 11.3 Å². The monoisotopic (exact) mass is 398 g/mol. The molecule has 0 unspecified atom stereocenters. The number of halogens is 4. The number of nitrogens with zero attached hydrogens (tertiary/aromatic N) is 2. The van der Waals surface area contributed by atoms with Gasteiger partial charge in [-0.3, -0.25) is 0 Å². The molecule has 8 heteroatoms. The van der Waals surface area contributed by atoms with Crippen LogP contribution in [0.1, 0.15) is 5.56 Å². The van der Waals surface area contributed by atoms with Crippen molar-refractivity contribution in [1.29, 1.82) is 0 Å². The van der Waals surface area contributed by atoms with Gasteiger partial charge < -0.3 is 9.84 Å². The van der Waals surface area contributed by atoms with Crippen LogP contribution < -0.4 is 4.74 Å². The van der Waals surface area contributed by atoms with E-state index in [1.54, 1.807) is 18.2 Å². The summed E-state index contributed by atoms with van der Waals surface area (Å²) in [5.41, 5.74) is 1.75. The highest BCUT2D eigenvalue weighted by Crippen LogP contribution is 2.35. The highest BCUT2D eigenvalue weighted by Gasteiger charge is 2.10. The van der Waals surface area contributed by atoms with E-state index < -0.39 is 5.82 Å². The Hall–Kier alpha value is -2.08. The Morgan fingerprint density at radius 2 is 1.64 bits per heavy atom. The highest BCUT2D eigenvalue weighted by atomic mass is 35.5. The molecule has 0 saturated carbocycles. The van der Waals surface area contributed by atoms with Gasteiger partial charge >= 0.3 is 0 Å². The van der Waals surface area contributed by atoms with Crippen LogP contribution in [0, 0.1) is 5.82 Å². The first-order valence-electron chi connectivity index (χ1n) is 7.03. The molecule has 0 radical (unpaired) electrons. The van der Waals surface area contributed by atoms with Crippen LogP contribution in [0.5, 0.6) is 11.6 Å². The van der Waals surface area contributed by atoms with E-state index in [1.165, 1.54) is 24.3 Å². The van der Waals surface area contributed by atoms with Crippen molar-refractivity contribution in [3.05, 3.63) is 68.9 Å². The van der Waals surface area contributed by atoms with Gasteiger partial charge in [-0.05, 0) is 30.3 Å². The van der Waals surface area contributed by atoms with Crippen molar-refractivity contribution in [2.75, 3.05) is 0 Å². The third-order valence-electron chi connectivity index (χ3n) is 3.34. The number of phenolic OH excluding ortho intramolecular Hbond substituents is 1. The molecule has 0 aliphatic rings. The lowest BCUT2D eigenvalue weighted by Gasteiger charge is -2.08. The zero-order chi connectivity index (χ0) is 18.0. The van der Waals surface area contributed by atoms with Crippen LogP contribution in [-0.4, -0.2) is 15.3 Å². The van der Waals surface area contributed by atoms with Crippen LogP contribution >= 0.6 is 34.8 Å². The largest absolute Gasteiger partial charge is 0.505 e. The molecule has 0 saturated heterocycles. The number of aromatic nitrogens is 2. The highest BCUT2D eigenvalue weighted by molar-refractivity contribution is 6.37. The fourth-order valence-electron chi connectivity index (χ4n) is 2.05. The normalized spacial score (nSPS) is 10.7. The molecule has 25 heavy (non-hydrogen) atoms. The number of benzene rings is 2. The lowest BCUT2D eigenvalue weighted by Crippen LogP contribution is -2.00. The van der Waals surface area contributed by atoms with Gasteiger partial charge in [0.05, 0.1) is 20.8 Å². The first-order chi connectivity index (χ1) is 11.9. The van der Waals surface area contributed by atoms with Crippen LogP contribution in [0.3, 0.4) is 0 Å². The SMILES string of the molecule is Oc1c(Cl)cc(-c2ccc(OCc3ccc(F)cc3Cl)nn2)cc1Cl. The summed E-state index contributed by atoms with van der Waals surface area (Å²) < 4.78 is 18.5. The zero-order valence-electron chi connectivity index (χ0n) is 12.5. The third kappa shape index (κ3) is 4.12. The topological polar surface area (TPSA) is 55.2 Å². The molecule has 4 nitrogen and oxygen atoms in total. The van der Waals surface area contributed by atoms with Crippen molar-refractivity contribution in [3.8, 4) is 22.9 Å². The van der Waals surface area contributed by atoms with Crippen LogP contribution in [0.4, 0.5) is 4.39 Å². The zero-order valence-corrected chi connectivity index (χ0v) is 14.8. The summed E-state index contributed by atoms with van der Waals surface area (Å²) in [4.78, 5) is 0. The molecule has 0 fully saturated rings. The van der Waals surface area contributed by atoms with Crippen molar-refractivity contribution in [1.82, 2.24) is 10.2 Å². The van der Waals surface area contributed by atoms with Gasteiger partial charge in [0.2, 0.25) is 5.88 Å². The van der Waals surface area contributed by atoms with Crippen LogP contribution in [0.15, 0.2) is 42.5 Å². The number of rotatable bonds is 4. The molecular formula is C17H10Cl3FN2O2. The minimum absolute atomic E-state index is 0.121. The summed E-state index contributed by atoms with van der Waals surface area (Å²) in [6, 6.07) is 10.4. The Balaban J connectivity index is 1.74. The van der Waals surface area contributed by atoms with Crippen molar-refractivity contribution < 1.29 is 14.2 Å². The molecule has 128 valence electrons. The van der Waals surface area contributed by atoms with E-state index in [1.807, 2.05) is 0 Å². The lowest BCUT2D eigenvalue weighted by molar-refractivity contribution is 0.290. The molecule has 0 aliphatic carbocycles. The first-order valence-corrected chi connectivity index (χ1v) is 8.16. The van der Waals surface area contributed by atoms with E-state index >= 15 is 0 Å². The summed E-state index contributed by atoms with van der Waals surface area (Å²) in [6.07, 6.45) is 0. The molecule has 0 atom stereocenters. The van der Waals surface area contributed by atoms with E-state index in [0.29, 0.717) is 16.8 Å². The van der Waals surface area contributed by atoms with E-state index in [4.69, 9.17) is 39.5 Å². The van der Waals surface area contributed by atoms with Gasteiger partial charge in [-0.15, -0.1) is 10.2 Å². The molecule has 1 N–H and O–H groups in total. The van der Waals surface area contributed by atoms with Gasteiger partial charge in [0.25, 0.3) is 0 Å². The van der Waals surface area contributed by atoms with E-state index in [-0.39, 0.29) is 33.3 Å². The number of hydrogen-bond donors (Lipinski definition) is 1. The fourth-order valence-corrected chi connectivity index (χ4v) is 2.76. The molecule has 3 rings (SSSR count). The quantitative estimate of drug-likeness (QED) is 0.627. The Labute approximate surface area is 157 Å². The number of phenols is 1. The first kappa shape index (κ1) is 17.7. The second kappa shape index (κ2) is 7.44. The van der Waals surface area contributed by atoms with Gasteiger partial charge in [0, 0.05) is 17.2 Å². The maximum Gasteiger partial charge on any atom is 0.233 e. The molecule has 0 bridgehead atoms. The van der Waals surface area contributed by atoms with Crippen LogP contribution in [0.2, 0.25) is 15.1 Å². The maximum absolute atomic E-state index is 13.0. The van der Waals surface area contributed by atoms with Crippen molar-refractivity contribution in [3.63, 3.8) is 0 Å². The van der Waals surface area contributed by atoms with E-state index in [9.17, 15) is 9.50 Å². The predicted molar refractivity (Wildman–Crippen MR) is 94.9 cm³/mol. The molecule has 2 aromatic carbocycles. The minimum Gasteiger partial charge on any atom is -0.505 e. The van der Waals surface area contributed by atoms with Gasteiger partial charge in [-0.1, -0.05) is 40.9 Å². The van der Waals surface area contributed by atoms with Crippen molar-refractivity contribution in [2.45, 2.75) is 6.61 Å². The number of aromatic hydroxyl groups is 1. The van der Waals surface area contributed by atoms with Crippen molar-refractivity contribution in [2.24, 2.45) is 0 Å². The summed E-state index contributed by atoms with van der Waals surface area (Å²) in [5, 5.41) is 18.1. The molecule has 0 spiro atoms. The predicted octanol–water partition coefficient (Wildman–Crippen LogP) is 5.53. The molecular weight excluding hydrogens is 390 g/mol. The minimum atomic E-state index is -0.413. The second-order valence-electron chi connectivity index (χ2n) is 5.07. The van der Waals surface area contributed by atoms with Gasteiger partial charge in [-0.2, -0.15) is 0 Å². The van der Waals surface area contributed by atoms with Gasteiger partial charge in [-0.25, -0.2) is 4.39 Å². The van der Waals surface area contributed by atoms with E-state index in [0.717, 1.165) is 0 Å². The average molecular weight is 400 g/mol. The van der Waals surface area contributed by atoms with Crippen molar-refractivity contribution >= 4 is 34.8 Å². The fraction of sp³-hybridized carbons (Fsp3) is 0.0588. The Bertz CT molecular complexity index is 897. The second-order valence-corrected chi connectivity index (χ2v) is 6.29. The summed E-state index contributed by atoms with van der Waals surface area (Å²) in [5.74, 6) is -0.319. The summed E-state index contributed by atoms with van der Waals surface area (Å²) >= 11 is 17.7.